The maximum atomic E-state index is 12.7. The van der Waals surface area contributed by atoms with E-state index in [1.807, 2.05) is 13.0 Å². The largest absolute Gasteiger partial charge is 0.460 e. The van der Waals surface area contributed by atoms with Crippen LogP contribution in [0.5, 0.6) is 0 Å². The summed E-state index contributed by atoms with van der Waals surface area (Å²) in [7, 11) is 0. The van der Waals surface area contributed by atoms with Crippen LogP contribution >= 0.6 is 0 Å². The fraction of sp³-hybridized carbons (Fsp3) is 0.238. The molecule has 0 aliphatic heterocycles. The van der Waals surface area contributed by atoms with Crippen molar-refractivity contribution in [2.75, 3.05) is 6.61 Å². The number of furan rings is 1. The van der Waals surface area contributed by atoms with Crippen LogP contribution in [0.25, 0.3) is 22.4 Å². The Labute approximate surface area is 167 Å². The molecule has 0 atom stereocenters. The summed E-state index contributed by atoms with van der Waals surface area (Å²) in [6.07, 6.45) is 0. The maximum Gasteiger partial charge on any atom is 0.339 e. The minimum atomic E-state index is -0.725. The van der Waals surface area contributed by atoms with Gasteiger partial charge < -0.3 is 14.5 Å². The Morgan fingerprint density at radius 1 is 1.14 bits per heavy atom. The second-order valence-corrected chi connectivity index (χ2v) is 6.73. The number of imide groups is 1. The first-order valence-electron chi connectivity index (χ1n) is 9.07. The number of para-hydroxylation sites is 1. The molecule has 1 aromatic carbocycles. The third kappa shape index (κ3) is 4.98. The lowest BCUT2D eigenvalue weighted by Gasteiger charge is -2.11. The number of urea groups is 1. The van der Waals surface area contributed by atoms with Gasteiger partial charge in [0.1, 0.15) is 11.5 Å². The highest BCUT2D eigenvalue weighted by molar-refractivity contribution is 6.05. The molecule has 0 radical (unpaired) electrons. The highest BCUT2D eigenvalue weighted by Crippen LogP contribution is 2.26. The van der Waals surface area contributed by atoms with Crippen LogP contribution in [-0.4, -0.2) is 35.5 Å². The summed E-state index contributed by atoms with van der Waals surface area (Å²) in [6, 6.07) is 11.5. The van der Waals surface area contributed by atoms with Gasteiger partial charge in [0, 0.05) is 11.4 Å². The van der Waals surface area contributed by atoms with Crippen molar-refractivity contribution in [3.8, 4) is 11.5 Å². The fourth-order valence-electron chi connectivity index (χ4n) is 2.71. The van der Waals surface area contributed by atoms with Crippen molar-refractivity contribution < 1.29 is 23.5 Å². The number of fused-ring (bicyclic) bond motifs is 1. The van der Waals surface area contributed by atoms with Crippen LogP contribution in [-0.2, 0) is 9.53 Å². The first-order chi connectivity index (χ1) is 13.8. The Bertz CT molecular complexity index is 1070. The number of esters is 1. The Morgan fingerprint density at radius 3 is 2.59 bits per heavy atom. The van der Waals surface area contributed by atoms with Crippen LogP contribution in [0.2, 0.25) is 0 Å². The zero-order chi connectivity index (χ0) is 21.0. The first-order valence-corrected chi connectivity index (χ1v) is 9.07. The van der Waals surface area contributed by atoms with E-state index >= 15 is 0 Å². The molecule has 29 heavy (non-hydrogen) atoms. The Morgan fingerprint density at radius 2 is 1.90 bits per heavy atom. The molecule has 0 spiro atoms. The minimum absolute atomic E-state index is 0.128. The number of aromatic nitrogens is 1. The second-order valence-electron chi connectivity index (χ2n) is 6.73. The molecular weight excluding hydrogens is 374 g/mol. The number of carbonyl (C=O) groups is 3. The van der Waals surface area contributed by atoms with Gasteiger partial charge in [-0.25, -0.2) is 14.6 Å². The van der Waals surface area contributed by atoms with E-state index < -0.39 is 24.5 Å². The van der Waals surface area contributed by atoms with Crippen LogP contribution in [0.4, 0.5) is 4.79 Å². The molecule has 0 saturated heterocycles. The molecule has 3 aromatic rings. The number of hydrogen-bond acceptors (Lipinski definition) is 6. The third-order valence-corrected chi connectivity index (χ3v) is 3.94. The van der Waals surface area contributed by atoms with E-state index in [4.69, 9.17) is 9.15 Å². The summed E-state index contributed by atoms with van der Waals surface area (Å²) in [5.41, 5.74) is 1.32. The van der Waals surface area contributed by atoms with Gasteiger partial charge in [-0.1, -0.05) is 18.2 Å². The molecule has 0 aliphatic carbocycles. The van der Waals surface area contributed by atoms with E-state index in [1.165, 1.54) is 0 Å². The first kappa shape index (κ1) is 20.1. The molecule has 0 fully saturated rings. The van der Waals surface area contributed by atoms with Crippen LogP contribution in [0, 0.1) is 6.92 Å². The third-order valence-electron chi connectivity index (χ3n) is 3.94. The summed E-state index contributed by atoms with van der Waals surface area (Å²) in [5.74, 6) is -0.190. The van der Waals surface area contributed by atoms with E-state index in [9.17, 15) is 14.4 Å². The lowest BCUT2D eigenvalue weighted by atomic mass is 10.1. The van der Waals surface area contributed by atoms with Gasteiger partial charge in [0.15, 0.2) is 12.4 Å². The highest BCUT2D eigenvalue weighted by atomic mass is 16.5. The summed E-state index contributed by atoms with van der Waals surface area (Å²) >= 11 is 0. The summed E-state index contributed by atoms with van der Waals surface area (Å²) in [4.78, 5) is 40.6. The summed E-state index contributed by atoms with van der Waals surface area (Å²) < 4.78 is 10.7. The topological polar surface area (TPSA) is 111 Å². The zero-order valence-corrected chi connectivity index (χ0v) is 16.3. The minimum Gasteiger partial charge on any atom is -0.460 e. The molecule has 0 saturated carbocycles. The Hall–Kier alpha value is -3.68. The number of nitrogens with zero attached hydrogens (tertiary/aromatic N) is 1. The van der Waals surface area contributed by atoms with E-state index in [0.29, 0.717) is 22.4 Å². The van der Waals surface area contributed by atoms with Gasteiger partial charge in [-0.05, 0) is 45.0 Å². The Kier molecular flexibility index (Phi) is 5.92. The van der Waals surface area contributed by atoms with E-state index in [-0.39, 0.29) is 11.6 Å². The number of aryl methyl sites for hydroxylation is 1. The molecule has 0 unspecified atom stereocenters. The number of amides is 3. The molecule has 8 heteroatoms. The van der Waals surface area contributed by atoms with Gasteiger partial charge in [0.05, 0.1) is 11.1 Å². The van der Waals surface area contributed by atoms with Gasteiger partial charge in [-0.3, -0.25) is 10.1 Å². The van der Waals surface area contributed by atoms with Crippen molar-refractivity contribution in [3.05, 3.63) is 53.8 Å². The SMILES string of the molecule is Cc1ccc(-c2cc(C(=O)OCC(=O)NC(=O)NC(C)C)c3ccccc3n2)o1. The average molecular weight is 395 g/mol. The molecule has 2 heterocycles. The molecule has 0 aliphatic rings. The standard InChI is InChI=1S/C21H21N3O5/c1-12(2)22-21(27)24-19(25)11-28-20(26)15-10-17(18-9-8-13(3)29-18)23-16-7-5-4-6-14(15)16/h4-10,12H,11H2,1-3H3,(H2,22,24,25,27). The van der Waals surface area contributed by atoms with Crippen LogP contribution in [0.3, 0.4) is 0 Å². The number of rotatable bonds is 5. The van der Waals surface area contributed by atoms with Gasteiger partial charge >= 0.3 is 12.0 Å². The predicted molar refractivity (Wildman–Crippen MR) is 106 cm³/mol. The van der Waals surface area contributed by atoms with Gasteiger partial charge in [0.2, 0.25) is 0 Å². The molecule has 3 amide bonds. The van der Waals surface area contributed by atoms with Crippen LogP contribution in [0.15, 0.2) is 46.9 Å². The van der Waals surface area contributed by atoms with Crippen molar-refractivity contribution >= 4 is 28.8 Å². The number of ether oxygens (including phenoxy) is 1. The molecule has 3 rings (SSSR count). The number of carbonyl (C=O) groups excluding carboxylic acids is 3. The lowest BCUT2D eigenvalue weighted by Crippen LogP contribution is -2.44. The second kappa shape index (κ2) is 8.55. The molecule has 0 bridgehead atoms. The summed E-state index contributed by atoms with van der Waals surface area (Å²) in [5, 5.41) is 5.20. The van der Waals surface area contributed by atoms with Crippen molar-refractivity contribution in [1.82, 2.24) is 15.6 Å². The molecule has 2 aromatic heterocycles. The van der Waals surface area contributed by atoms with Crippen molar-refractivity contribution in [2.24, 2.45) is 0 Å². The average Bonchev–Trinajstić information content (AvgIpc) is 3.11. The summed E-state index contributed by atoms with van der Waals surface area (Å²) in [6.45, 7) is 4.75. The van der Waals surface area contributed by atoms with Crippen molar-refractivity contribution in [2.45, 2.75) is 26.8 Å². The van der Waals surface area contributed by atoms with Crippen LogP contribution in [0.1, 0.15) is 30.0 Å². The Balaban J connectivity index is 1.80. The quantitative estimate of drug-likeness (QED) is 0.642. The van der Waals surface area contributed by atoms with Gasteiger partial charge in [-0.2, -0.15) is 0 Å². The molecule has 2 N–H and O–H groups in total. The lowest BCUT2D eigenvalue weighted by molar-refractivity contribution is -0.123. The van der Waals surface area contributed by atoms with E-state index in [0.717, 1.165) is 5.76 Å². The zero-order valence-electron chi connectivity index (χ0n) is 16.3. The number of hydrogen-bond donors (Lipinski definition) is 2. The maximum absolute atomic E-state index is 12.7. The molecular formula is C21H21N3O5. The highest BCUT2D eigenvalue weighted by Gasteiger charge is 2.18. The van der Waals surface area contributed by atoms with Crippen molar-refractivity contribution in [1.29, 1.82) is 0 Å². The van der Waals surface area contributed by atoms with Gasteiger partial charge in [0.25, 0.3) is 5.91 Å². The number of benzene rings is 1. The molecule has 150 valence electrons. The number of nitrogens with one attached hydrogen (secondary N) is 2. The van der Waals surface area contributed by atoms with Crippen LogP contribution < -0.4 is 10.6 Å². The van der Waals surface area contributed by atoms with E-state index in [1.54, 1.807) is 50.2 Å². The van der Waals surface area contributed by atoms with Crippen molar-refractivity contribution in [3.63, 3.8) is 0 Å². The molecule has 8 nitrogen and oxygen atoms in total. The normalized spacial score (nSPS) is 10.8. The van der Waals surface area contributed by atoms with E-state index in [2.05, 4.69) is 15.6 Å². The smallest absolute Gasteiger partial charge is 0.339 e. The van der Waals surface area contributed by atoms with Gasteiger partial charge in [-0.15, -0.1) is 0 Å². The monoisotopic (exact) mass is 395 g/mol. The predicted octanol–water partition coefficient (Wildman–Crippen LogP) is 3.19. The fourth-order valence-corrected chi connectivity index (χ4v) is 2.71. The number of pyridine rings is 1.